The maximum absolute atomic E-state index is 15.4. The predicted octanol–water partition coefficient (Wildman–Crippen LogP) is 6.74. The van der Waals surface area contributed by atoms with Crippen molar-refractivity contribution in [2.75, 3.05) is 4.90 Å². The summed E-state index contributed by atoms with van der Waals surface area (Å²) >= 11 is 0. The molecule has 220 valence electrons. The highest BCUT2D eigenvalue weighted by atomic mass is 19.4. The summed E-state index contributed by atoms with van der Waals surface area (Å²) in [5.41, 5.74) is -1.44. The standard InChI is InChI=1S/C29H32F4N4O4/c1-17(2)37(27(38)20-7-4-18(3)5-8-20)24-16-23(30)26(15-21(24)28(39)40)41-25-9-6-19(14-22(25)29(31,32)33)10-13-36-34-11-12-35-36/h6,9,11-12,14-18,20H,4-5,7-8,10,13H2,1-3H3,(H,39,40)/t18-,20-. The van der Waals surface area contributed by atoms with Gasteiger partial charge in [0.05, 0.1) is 35.8 Å². The molecule has 1 N–H and O–H groups in total. The fourth-order valence-corrected chi connectivity index (χ4v) is 5.10. The molecule has 0 atom stereocenters. The number of amides is 1. The number of carbonyl (C=O) groups is 2. The first kappa shape index (κ1) is 30.0. The summed E-state index contributed by atoms with van der Waals surface area (Å²) in [5, 5.41) is 17.8. The monoisotopic (exact) mass is 576 g/mol. The molecule has 1 fully saturated rings. The van der Waals surface area contributed by atoms with Gasteiger partial charge in [-0.15, -0.1) is 0 Å². The molecule has 0 spiro atoms. The van der Waals surface area contributed by atoms with Crippen LogP contribution in [0.1, 0.15) is 67.9 Å². The number of carboxylic acids is 1. The maximum atomic E-state index is 15.4. The second kappa shape index (κ2) is 12.3. The van der Waals surface area contributed by atoms with E-state index in [0.717, 1.165) is 37.1 Å². The summed E-state index contributed by atoms with van der Waals surface area (Å²) in [6.45, 7) is 5.73. The van der Waals surface area contributed by atoms with Crippen LogP contribution in [0.3, 0.4) is 0 Å². The third-order valence-corrected chi connectivity index (χ3v) is 7.30. The van der Waals surface area contributed by atoms with Crippen molar-refractivity contribution in [3.63, 3.8) is 0 Å². The summed E-state index contributed by atoms with van der Waals surface area (Å²) in [6.07, 6.45) is 1.27. The lowest BCUT2D eigenvalue weighted by atomic mass is 9.82. The highest BCUT2D eigenvalue weighted by Gasteiger charge is 2.36. The predicted molar refractivity (Wildman–Crippen MR) is 142 cm³/mol. The Morgan fingerprint density at radius 1 is 1.07 bits per heavy atom. The molecule has 1 aliphatic rings. The van der Waals surface area contributed by atoms with Crippen molar-refractivity contribution < 1.29 is 37.0 Å². The van der Waals surface area contributed by atoms with E-state index in [9.17, 15) is 27.9 Å². The fraction of sp³-hybridized carbons (Fsp3) is 0.448. The van der Waals surface area contributed by atoms with Crippen molar-refractivity contribution in [1.82, 2.24) is 15.0 Å². The number of hydrogen-bond donors (Lipinski definition) is 1. The number of carboxylic acid groups (broad SMARTS) is 1. The quantitative estimate of drug-likeness (QED) is 0.284. The number of ether oxygens (including phenoxy) is 1. The van der Waals surface area contributed by atoms with E-state index in [2.05, 4.69) is 17.1 Å². The number of rotatable bonds is 9. The summed E-state index contributed by atoms with van der Waals surface area (Å²) < 4.78 is 62.6. The zero-order valence-corrected chi connectivity index (χ0v) is 23.0. The highest BCUT2D eigenvalue weighted by molar-refractivity contribution is 6.03. The van der Waals surface area contributed by atoms with E-state index in [1.54, 1.807) is 13.8 Å². The average Bonchev–Trinajstić information content (AvgIpc) is 3.42. The number of aromatic carboxylic acids is 1. The van der Waals surface area contributed by atoms with Crippen molar-refractivity contribution in [2.24, 2.45) is 11.8 Å². The van der Waals surface area contributed by atoms with E-state index in [0.29, 0.717) is 24.3 Å². The minimum Gasteiger partial charge on any atom is -0.478 e. The maximum Gasteiger partial charge on any atom is 0.419 e. The molecule has 1 aromatic heterocycles. The number of anilines is 1. The minimum atomic E-state index is -4.83. The van der Waals surface area contributed by atoms with Crippen LogP contribution in [0, 0.1) is 17.7 Å². The van der Waals surface area contributed by atoms with Crippen LogP contribution in [-0.4, -0.2) is 38.0 Å². The van der Waals surface area contributed by atoms with Crippen LogP contribution >= 0.6 is 0 Å². The van der Waals surface area contributed by atoms with E-state index < -0.39 is 46.6 Å². The molecule has 3 aromatic rings. The molecule has 0 radical (unpaired) electrons. The molecular weight excluding hydrogens is 544 g/mol. The Morgan fingerprint density at radius 2 is 1.73 bits per heavy atom. The molecular formula is C29H32F4N4O4. The third kappa shape index (κ3) is 7.04. The van der Waals surface area contributed by atoms with Gasteiger partial charge in [-0.3, -0.25) is 4.79 Å². The van der Waals surface area contributed by atoms with E-state index in [4.69, 9.17) is 4.74 Å². The summed E-state index contributed by atoms with van der Waals surface area (Å²) in [7, 11) is 0. The van der Waals surface area contributed by atoms with Crippen molar-refractivity contribution in [3.05, 3.63) is 65.2 Å². The van der Waals surface area contributed by atoms with E-state index >= 15 is 4.39 Å². The minimum absolute atomic E-state index is 0.167. The van der Waals surface area contributed by atoms with Crippen LogP contribution in [0.4, 0.5) is 23.2 Å². The molecule has 0 saturated heterocycles. The zero-order chi connectivity index (χ0) is 29.9. The van der Waals surface area contributed by atoms with Crippen molar-refractivity contribution in [2.45, 2.75) is 71.6 Å². The van der Waals surface area contributed by atoms with Gasteiger partial charge in [0, 0.05) is 24.1 Å². The smallest absolute Gasteiger partial charge is 0.419 e. The molecule has 41 heavy (non-hydrogen) atoms. The lowest BCUT2D eigenvalue weighted by Gasteiger charge is -2.34. The van der Waals surface area contributed by atoms with Gasteiger partial charge in [-0.1, -0.05) is 13.0 Å². The number of hydrogen-bond acceptors (Lipinski definition) is 5. The molecule has 1 heterocycles. The molecule has 1 amide bonds. The van der Waals surface area contributed by atoms with Gasteiger partial charge in [-0.25, -0.2) is 9.18 Å². The van der Waals surface area contributed by atoms with Crippen LogP contribution in [0.2, 0.25) is 0 Å². The summed E-state index contributed by atoms with van der Waals surface area (Å²) in [5.74, 6) is -4.10. The van der Waals surface area contributed by atoms with Gasteiger partial charge in [0.15, 0.2) is 11.6 Å². The van der Waals surface area contributed by atoms with Crippen LogP contribution in [0.5, 0.6) is 11.5 Å². The average molecular weight is 577 g/mol. The van der Waals surface area contributed by atoms with Crippen LogP contribution in [0.25, 0.3) is 0 Å². The largest absolute Gasteiger partial charge is 0.478 e. The molecule has 1 aliphatic carbocycles. The first-order valence-corrected chi connectivity index (χ1v) is 13.5. The number of benzene rings is 2. The number of aryl methyl sites for hydroxylation is 2. The Morgan fingerprint density at radius 3 is 2.32 bits per heavy atom. The molecule has 0 bridgehead atoms. The first-order valence-electron chi connectivity index (χ1n) is 13.5. The summed E-state index contributed by atoms with van der Waals surface area (Å²) in [4.78, 5) is 28.3. The van der Waals surface area contributed by atoms with Crippen LogP contribution in [0.15, 0.2) is 42.7 Å². The number of carbonyl (C=O) groups excluding carboxylic acids is 1. The number of alkyl halides is 3. The Bertz CT molecular complexity index is 1380. The number of halogens is 4. The Balaban J connectivity index is 1.66. The van der Waals surface area contributed by atoms with Gasteiger partial charge < -0.3 is 14.7 Å². The van der Waals surface area contributed by atoms with Gasteiger partial charge in [-0.2, -0.15) is 28.2 Å². The molecule has 1 saturated carbocycles. The van der Waals surface area contributed by atoms with Gasteiger partial charge >= 0.3 is 12.1 Å². The van der Waals surface area contributed by atoms with Crippen molar-refractivity contribution in [3.8, 4) is 11.5 Å². The molecule has 8 nitrogen and oxygen atoms in total. The summed E-state index contributed by atoms with van der Waals surface area (Å²) in [6, 6.07) is 4.55. The fourth-order valence-electron chi connectivity index (χ4n) is 5.10. The normalized spacial score (nSPS) is 17.5. The lowest BCUT2D eigenvalue weighted by Crippen LogP contribution is -2.43. The highest BCUT2D eigenvalue weighted by Crippen LogP contribution is 2.41. The molecule has 0 aliphatic heterocycles. The molecule has 12 heteroatoms. The Hall–Kier alpha value is -3.96. The van der Waals surface area contributed by atoms with Gasteiger partial charge in [0.2, 0.25) is 5.91 Å². The number of aromatic nitrogens is 3. The Labute approximate surface area is 234 Å². The van der Waals surface area contributed by atoms with Crippen molar-refractivity contribution in [1.29, 1.82) is 0 Å². The second-order valence-corrected chi connectivity index (χ2v) is 10.7. The van der Waals surface area contributed by atoms with Crippen molar-refractivity contribution >= 4 is 17.6 Å². The Kier molecular flexibility index (Phi) is 8.98. The third-order valence-electron chi connectivity index (χ3n) is 7.30. The topological polar surface area (TPSA) is 97.6 Å². The van der Waals surface area contributed by atoms with Gasteiger partial charge in [-0.05, 0) is 69.6 Å². The van der Waals surface area contributed by atoms with Crippen LogP contribution in [-0.2, 0) is 23.9 Å². The second-order valence-electron chi connectivity index (χ2n) is 10.7. The van der Waals surface area contributed by atoms with E-state index in [-0.39, 0.29) is 30.5 Å². The first-order chi connectivity index (χ1) is 19.3. The van der Waals surface area contributed by atoms with E-state index in [1.165, 1.54) is 28.2 Å². The molecule has 0 unspecified atom stereocenters. The van der Waals surface area contributed by atoms with E-state index in [1.807, 2.05) is 0 Å². The lowest BCUT2D eigenvalue weighted by molar-refractivity contribution is -0.138. The zero-order valence-electron chi connectivity index (χ0n) is 23.0. The van der Waals surface area contributed by atoms with Gasteiger partial charge in [0.25, 0.3) is 0 Å². The molecule has 4 rings (SSSR count). The SMILES string of the molecule is CC(C)N(c1cc(F)c(Oc2ccc(CCn3nccn3)cc2C(F)(F)F)cc1C(=O)O)C(=O)[C@H]1CC[C@H](C)CC1. The molecule has 2 aromatic carbocycles. The number of nitrogens with zero attached hydrogens (tertiary/aromatic N) is 4. The van der Waals surface area contributed by atoms with Crippen LogP contribution < -0.4 is 9.64 Å². The van der Waals surface area contributed by atoms with Gasteiger partial charge in [0.1, 0.15) is 5.75 Å².